The van der Waals surface area contributed by atoms with Gasteiger partial charge < -0.3 is 20.8 Å². The van der Waals surface area contributed by atoms with Gasteiger partial charge in [-0.15, -0.1) is 0 Å². The Labute approximate surface area is 115 Å². The number of carboxylic acid groups (broad SMARTS) is 1. The lowest BCUT2D eigenvalue weighted by Crippen LogP contribution is -2.50. The molecule has 106 valence electrons. The third-order valence-corrected chi connectivity index (χ3v) is 2.54. The Bertz CT molecular complexity index is 537. The Kier molecular flexibility index (Phi) is 5.50. The standard InChI is InChI=1S/C13H15N3O4/c1-8(17)11(12(18)19)16-13(20)15-7-10-4-2-3-9(5-10)6-14/h2-5,8,11,17H,7H2,1H3,(H,18,19)(H2,15,16,20). The fraction of sp³-hybridized carbons (Fsp3) is 0.308. The van der Waals surface area contributed by atoms with E-state index in [1.807, 2.05) is 6.07 Å². The van der Waals surface area contributed by atoms with Gasteiger partial charge in [0.15, 0.2) is 6.04 Å². The molecule has 0 aliphatic heterocycles. The van der Waals surface area contributed by atoms with Crippen molar-refractivity contribution < 1.29 is 19.8 Å². The van der Waals surface area contributed by atoms with Crippen molar-refractivity contribution in [2.75, 3.05) is 0 Å². The lowest BCUT2D eigenvalue weighted by atomic mass is 10.1. The molecule has 20 heavy (non-hydrogen) atoms. The largest absolute Gasteiger partial charge is 0.480 e. The third kappa shape index (κ3) is 4.59. The van der Waals surface area contributed by atoms with Crippen LogP contribution in [0.5, 0.6) is 0 Å². The molecule has 2 unspecified atom stereocenters. The molecule has 4 N–H and O–H groups in total. The van der Waals surface area contributed by atoms with Gasteiger partial charge in [0, 0.05) is 6.54 Å². The number of amides is 2. The number of nitrogens with zero attached hydrogens (tertiary/aromatic N) is 1. The van der Waals surface area contributed by atoms with Crippen LogP contribution in [0.3, 0.4) is 0 Å². The molecule has 7 nitrogen and oxygen atoms in total. The minimum atomic E-state index is -1.37. The minimum absolute atomic E-state index is 0.146. The normalized spacial score (nSPS) is 12.8. The highest BCUT2D eigenvalue weighted by molar-refractivity contribution is 5.82. The van der Waals surface area contributed by atoms with Crippen LogP contribution in [0.2, 0.25) is 0 Å². The fourth-order valence-electron chi connectivity index (χ4n) is 1.51. The minimum Gasteiger partial charge on any atom is -0.480 e. The number of carboxylic acids is 1. The zero-order chi connectivity index (χ0) is 15.1. The Morgan fingerprint density at radius 3 is 2.70 bits per heavy atom. The predicted molar refractivity (Wildman–Crippen MR) is 69.6 cm³/mol. The molecule has 2 atom stereocenters. The Balaban J connectivity index is 2.55. The zero-order valence-electron chi connectivity index (χ0n) is 10.8. The smallest absolute Gasteiger partial charge is 0.328 e. The van der Waals surface area contributed by atoms with Gasteiger partial charge in [0.2, 0.25) is 0 Å². The van der Waals surface area contributed by atoms with E-state index in [0.717, 1.165) is 0 Å². The topological polar surface area (TPSA) is 122 Å². The van der Waals surface area contributed by atoms with Crippen LogP contribution in [0, 0.1) is 11.3 Å². The molecule has 2 amide bonds. The van der Waals surface area contributed by atoms with Gasteiger partial charge >= 0.3 is 12.0 Å². The first-order valence-electron chi connectivity index (χ1n) is 5.88. The molecule has 0 fully saturated rings. The highest BCUT2D eigenvalue weighted by atomic mass is 16.4. The maximum atomic E-state index is 11.5. The van der Waals surface area contributed by atoms with Crippen molar-refractivity contribution in [3.8, 4) is 6.07 Å². The van der Waals surface area contributed by atoms with Crippen LogP contribution >= 0.6 is 0 Å². The summed E-state index contributed by atoms with van der Waals surface area (Å²) in [6, 6.07) is 6.56. The molecule has 0 heterocycles. The predicted octanol–water partition coefficient (Wildman–Crippen LogP) is 0.191. The molecular weight excluding hydrogens is 262 g/mol. The number of carbonyl (C=O) groups excluding carboxylic acids is 1. The number of carbonyl (C=O) groups is 2. The van der Waals surface area contributed by atoms with Gasteiger partial charge in [-0.1, -0.05) is 12.1 Å². The van der Waals surface area contributed by atoms with E-state index in [4.69, 9.17) is 10.4 Å². The summed E-state index contributed by atoms with van der Waals surface area (Å²) in [5.74, 6) is -1.32. The molecule has 0 radical (unpaired) electrons. The van der Waals surface area contributed by atoms with Gasteiger partial charge in [-0.3, -0.25) is 0 Å². The van der Waals surface area contributed by atoms with E-state index < -0.39 is 24.1 Å². The first kappa shape index (κ1) is 15.5. The van der Waals surface area contributed by atoms with Crippen molar-refractivity contribution in [2.24, 2.45) is 0 Å². The van der Waals surface area contributed by atoms with Gasteiger partial charge in [0.25, 0.3) is 0 Å². The first-order valence-corrected chi connectivity index (χ1v) is 5.88. The van der Waals surface area contributed by atoms with Gasteiger partial charge in [-0.25, -0.2) is 9.59 Å². The summed E-state index contributed by atoms with van der Waals surface area (Å²) in [6.07, 6.45) is -1.21. The van der Waals surface area contributed by atoms with Gasteiger partial charge in [0.1, 0.15) is 0 Å². The summed E-state index contributed by atoms with van der Waals surface area (Å²) in [6.45, 7) is 1.42. The second-order valence-corrected chi connectivity index (χ2v) is 4.20. The molecule has 0 spiro atoms. The third-order valence-electron chi connectivity index (χ3n) is 2.54. The molecule has 1 rings (SSSR count). The molecule has 1 aromatic carbocycles. The van der Waals surface area contributed by atoms with Crippen LogP contribution in [-0.4, -0.2) is 34.4 Å². The summed E-state index contributed by atoms with van der Waals surface area (Å²) >= 11 is 0. The number of aliphatic carboxylic acids is 1. The Morgan fingerprint density at radius 2 is 2.15 bits per heavy atom. The number of aliphatic hydroxyl groups is 1. The van der Waals surface area contributed by atoms with Crippen LogP contribution in [0.4, 0.5) is 4.79 Å². The highest BCUT2D eigenvalue weighted by Crippen LogP contribution is 2.03. The van der Waals surface area contributed by atoms with Crippen molar-refractivity contribution >= 4 is 12.0 Å². The summed E-state index contributed by atoms with van der Waals surface area (Å²) in [7, 11) is 0. The number of nitriles is 1. The van der Waals surface area contributed by atoms with Crippen LogP contribution in [0.15, 0.2) is 24.3 Å². The van der Waals surface area contributed by atoms with Crippen LogP contribution in [0.1, 0.15) is 18.1 Å². The van der Waals surface area contributed by atoms with E-state index in [2.05, 4.69) is 10.6 Å². The average molecular weight is 277 g/mol. The molecule has 0 aliphatic carbocycles. The molecule has 0 bridgehead atoms. The van der Waals surface area contributed by atoms with Gasteiger partial charge in [-0.05, 0) is 24.6 Å². The van der Waals surface area contributed by atoms with E-state index in [9.17, 15) is 14.7 Å². The summed E-state index contributed by atoms with van der Waals surface area (Å²) < 4.78 is 0. The van der Waals surface area contributed by atoms with E-state index in [1.165, 1.54) is 6.92 Å². The second kappa shape index (κ2) is 7.11. The van der Waals surface area contributed by atoms with Crippen molar-refractivity contribution in [1.82, 2.24) is 10.6 Å². The van der Waals surface area contributed by atoms with Gasteiger partial charge in [-0.2, -0.15) is 5.26 Å². The number of rotatable bonds is 5. The lowest BCUT2D eigenvalue weighted by Gasteiger charge is -2.17. The number of hydrogen-bond donors (Lipinski definition) is 4. The maximum absolute atomic E-state index is 11.5. The Hall–Kier alpha value is -2.59. The van der Waals surface area contributed by atoms with Crippen molar-refractivity contribution in [2.45, 2.75) is 25.6 Å². The zero-order valence-corrected chi connectivity index (χ0v) is 10.8. The monoisotopic (exact) mass is 277 g/mol. The quantitative estimate of drug-likeness (QED) is 0.612. The van der Waals surface area contributed by atoms with Crippen LogP contribution in [-0.2, 0) is 11.3 Å². The second-order valence-electron chi connectivity index (χ2n) is 4.20. The molecule has 0 saturated carbocycles. The van der Waals surface area contributed by atoms with Crippen LogP contribution < -0.4 is 10.6 Å². The van der Waals surface area contributed by atoms with Crippen molar-refractivity contribution in [3.63, 3.8) is 0 Å². The SMILES string of the molecule is CC(O)C(NC(=O)NCc1cccc(C#N)c1)C(=O)O. The first-order chi connectivity index (χ1) is 9.43. The molecular formula is C13H15N3O4. The van der Waals surface area contributed by atoms with Crippen LogP contribution in [0.25, 0.3) is 0 Å². The van der Waals surface area contributed by atoms with E-state index in [-0.39, 0.29) is 6.54 Å². The van der Waals surface area contributed by atoms with Crippen molar-refractivity contribution in [3.05, 3.63) is 35.4 Å². The number of nitrogens with one attached hydrogen (secondary N) is 2. The Morgan fingerprint density at radius 1 is 1.45 bits per heavy atom. The fourth-order valence-corrected chi connectivity index (χ4v) is 1.51. The van der Waals surface area contributed by atoms with Gasteiger partial charge in [0.05, 0.1) is 17.7 Å². The average Bonchev–Trinajstić information content (AvgIpc) is 2.42. The number of aliphatic hydroxyl groups excluding tert-OH is 1. The lowest BCUT2D eigenvalue weighted by molar-refractivity contribution is -0.141. The number of urea groups is 1. The molecule has 7 heteroatoms. The summed E-state index contributed by atoms with van der Waals surface area (Å²) in [5.41, 5.74) is 1.18. The van der Waals surface area contributed by atoms with Crippen molar-refractivity contribution in [1.29, 1.82) is 5.26 Å². The molecule has 1 aromatic rings. The molecule has 0 aromatic heterocycles. The van der Waals surface area contributed by atoms with E-state index in [0.29, 0.717) is 11.1 Å². The van der Waals surface area contributed by atoms with E-state index >= 15 is 0 Å². The number of hydrogen-bond acceptors (Lipinski definition) is 4. The molecule has 0 saturated heterocycles. The van der Waals surface area contributed by atoms with E-state index in [1.54, 1.807) is 24.3 Å². The summed E-state index contributed by atoms with van der Waals surface area (Å²) in [5, 5.41) is 31.4. The number of benzene rings is 1. The summed E-state index contributed by atoms with van der Waals surface area (Å²) in [4.78, 5) is 22.3. The molecule has 0 aliphatic rings. The highest BCUT2D eigenvalue weighted by Gasteiger charge is 2.24. The maximum Gasteiger partial charge on any atom is 0.328 e.